The minimum atomic E-state index is -0.396. The molecule has 2 aliphatic heterocycles. The highest BCUT2D eigenvalue weighted by Crippen LogP contribution is 2.33. The number of para-hydroxylation sites is 1. The number of hydrogen-bond acceptors (Lipinski definition) is 3. The Labute approximate surface area is 120 Å². The van der Waals surface area contributed by atoms with Crippen LogP contribution >= 0.6 is 0 Å². The van der Waals surface area contributed by atoms with E-state index < -0.39 is 6.10 Å². The second kappa shape index (κ2) is 5.83. The van der Waals surface area contributed by atoms with Gasteiger partial charge in [-0.25, -0.2) is 0 Å². The molecule has 3 rings (SSSR count). The Balaban J connectivity index is 1.72. The number of piperidine rings is 1. The maximum atomic E-state index is 12.4. The molecule has 0 radical (unpaired) electrons. The van der Waals surface area contributed by atoms with Gasteiger partial charge in [-0.15, -0.1) is 0 Å². The van der Waals surface area contributed by atoms with E-state index in [1.807, 2.05) is 29.2 Å². The molecule has 1 unspecified atom stereocenters. The van der Waals surface area contributed by atoms with E-state index in [0.717, 1.165) is 43.7 Å². The van der Waals surface area contributed by atoms with Gasteiger partial charge in [0.15, 0.2) is 0 Å². The fourth-order valence-electron chi connectivity index (χ4n) is 3.18. The average molecular weight is 274 g/mol. The number of anilines is 1. The molecule has 2 aliphatic rings. The summed E-state index contributed by atoms with van der Waals surface area (Å²) in [7, 11) is 0. The van der Waals surface area contributed by atoms with Gasteiger partial charge in [-0.2, -0.15) is 0 Å². The molecule has 0 aromatic heterocycles. The molecular formula is C16H22N2O2. The summed E-state index contributed by atoms with van der Waals surface area (Å²) in [5, 5.41) is 10.0. The highest BCUT2D eigenvalue weighted by atomic mass is 16.3. The molecule has 2 heterocycles. The van der Waals surface area contributed by atoms with E-state index in [2.05, 4.69) is 4.90 Å². The zero-order valence-electron chi connectivity index (χ0n) is 11.8. The van der Waals surface area contributed by atoms with Gasteiger partial charge >= 0.3 is 0 Å². The first kappa shape index (κ1) is 13.4. The number of benzene rings is 1. The van der Waals surface area contributed by atoms with Gasteiger partial charge in [0.2, 0.25) is 5.91 Å². The quantitative estimate of drug-likeness (QED) is 0.896. The largest absolute Gasteiger partial charge is 0.388 e. The zero-order valence-corrected chi connectivity index (χ0v) is 11.8. The monoisotopic (exact) mass is 274 g/mol. The summed E-state index contributed by atoms with van der Waals surface area (Å²) >= 11 is 0. The van der Waals surface area contributed by atoms with Gasteiger partial charge in [0, 0.05) is 30.9 Å². The minimum absolute atomic E-state index is 0.218. The van der Waals surface area contributed by atoms with E-state index in [-0.39, 0.29) is 5.91 Å². The summed E-state index contributed by atoms with van der Waals surface area (Å²) in [5.41, 5.74) is 1.96. The van der Waals surface area contributed by atoms with Crippen LogP contribution in [0.25, 0.3) is 0 Å². The van der Waals surface area contributed by atoms with E-state index in [0.29, 0.717) is 13.0 Å². The van der Waals surface area contributed by atoms with E-state index in [1.54, 1.807) is 0 Å². The second-order valence-corrected chi connectivity index (χ2v) is 5.73. The average Bonchev–Trinajstić information content (AvgIpc) is 2.51. The van der Waals surface area contributed by atoms with Crippen molar-refractivity contribution < 1.29 is 9.90 Å². The number of carbonyl (C=O) groups excluding carboxylic acids is 1. The number of rotatable bonds is 2. The lowest BCUT2D eigenvalue weighted by Gasteiger charge is -2.35. The Hall–Kier alpha value is -1.55. The number of aliphatic hydroxyl groups excluding tert-OH is 1. The fraction of sp³-hybridized carbons (Fsp3) is 0.562. The lowest BCUT2D eigenvalue weighted by Crippen LogP contribution is -2.44. The van der Waals surface area contributed by atoms with Crippen LogP contribution in [-0.2, 0) is 4.79 Å². The minimum Gasteiger partial charge on any atom is -0.388 e. The van der Waals surface area contributed by atoms with Crippen LogP contribution in [0.5, 0.6) is 0 Å². The second-order valence-electron chi connectivity index (χ2n) is 5.73. The summed E-state index contributed by atoms with van der Waals surface area (Å²) in [6, 6.07) is 7.87. The Morgan fingerprint density at radius 1 is 1.15 bits per heavy atom. The Bertz CT molecular complexity index is 483. The van der Waals surface area contributed by atoms with Crippen molar-refractivity contribution in [3.63, 3.8) is 0 Å². The number of nitrogens with zero attached hydrogens (tertiary/aromatic N) is 2. The lowest BCUT2D eigenvalue weighted by molar-refractivity contribution is -0.130. The summed E-state index contributed by atoms with van der Waals surface area (Å²) in [5.74, 6) is 0.218. The molecule has 4 nitrogen and oxygen atoms in total. The van der Waals surface area contributed by atoms with Gasteiger partial charge in [0.05, 0.1) is 12.6 Å². The Kier molecular flexibility index (Phi) is 3.92. The van der Waals surface area contributed by atoms with Crippen molar-refractivity contribution in [3.05, 3.63) is 29.8 Å². The van der Waals surface area contributed by atoms with Crippen molar-refractivity contribution >= 4 is 11.6 Å². The number of aliphatic hydroxyl groups is 1. The van der Waals surface area contributed by atoms with Crippen molar-refractivity contribution in [2.75, 3.05) is 31.1 Å². The van der Waals surface area contributed by atoms with Gasteiger partial charge < -0.3 is 14.9 Å². The highest BCUT2D eigenvalue weighted by Gasteiger charge is 2.26. The maximum Gasteiger partial charge on any atom is 0.242 e. The molecule has 1 aromatic rings. The molecule has 20 heavy (non-hydrogen) atoms. The number of likely N-dealkylation sites (tertiary alicyclic amines) is 1. The molecular weight excluding hydrogens is 252 g/mol. The van der Waals surface area contributed by atoms with Crippen molar-refractivity contribution in [2.45, 2.75) is 31.8 Å². The molecule has 1 aromatic carbocycles. The third-order valence-electron chi connectivity index (χ3n) is 4.34. The van der Waals surface area contributed by atoms with E-state index in [1.165, 1.54) is 6.42 Å². The SMILES string of the molecule is O=C(CN1CCC(O)c2ccccc21)N1CCCCC1. The maximum absolute atomic E-state index is 12.4. The van der Waals surface area contributed by atoms with E-state index in [9.17, 15) is 9.90 Å². The van der Waals surface area contributed by atoms with Crippen LogP contribution in [0.3, 0.4) is 0 Å². The summed E-state index contributed by atoms with van der Waals surface area (Å²) in [6.07, 6.45) is 3.79. The van der Waals surface area contributed by atoms with Gasteiger partial charge in [-0.05, 0) is 31.7 Å². The summed E-state index contributed by atoms with van der Waals surface area (Å²) in [6.45, 7) is 2.98. The van der Waals surface area contributed by atoms with E-state index >= 15 is 0 Å². The molecule has 1 atom stereocenters. The topological polar surface area (TPSA) is 43.8 Å². The summed E-state index contributed by atoms with van der Waals surface area (Å²) < 4.78 is 0. The first-order valence-corrected chi connectivity index (χ1v) is 7.55. The van der Waals surface area contributed by atoms with Crippen LogP contribution in [0.1, 0.15) is 37.4 Å². The predicted molar refractivity (Wildman–Crippen MR) is 78.7 cm³/mol. The lowest BCUT2D eigenvalue weighted by atomic mass is 9.99. The Morgan fingerprint density at radius 3 is 2.70 bits per heavy atom. The number of carbonyl (C=O) groups is 1. The summed E-state index contributed by atoms with van der Waals surface area (Å²) in [4.78, 5) is 16.5. The molecule has 0 saturated carbocycles. The molecule has 0 aliphatic carbocycles. The molecule has 1 fully saturated rings. The number of fused-ring (bicyclic) bond motifs is 1. The molecule has 4 heteroatoms. The molecule has 1 amide bonds. The van der Waals surface area contributed by atoms with Crippen molar-refractivity contribution in [1.29, 1.82) is 0 Å². The van der Waals surface area contributed by atoms with Gasteiger partial charge in [0.1, 0.15) is 0 Å². The van der Waals surface area contributed by atoms with Crippen LogP contribution in [-0.4, -0.2) is 42.1 Å². The third kappa shape index (κ3) is 2.66. The fourth-order valence-corrected chi connectivity index (χ4v) is 3.18. The number of hydrogen-bond donors (Lipinski definition) is 1. The zero-order chi connectivity index (χ0) is 13.9. The standard InChI is InChI=1S/C16H22N2O2/c19-15-8-11-18(14-7-3-2-6-13(14)15)12-16(20)17-9-4-1-5-10-17/h2-3,6-7,15,19H,1,4-5,8-12H2. The molecule has 1 saturated heterocycles. The molecule has 0 spiro atoms. The van der Waals surface area contributed by atoms with Gasteiger partial charge in [0.25, 0.3) is 0 Å². The van der Waals surface area contributed by atoms with Gasteiger partial charge in [-0.1, -0.05) is 18.2 Å². The van der Waals surface area contributed by atoms with Crippen LogP contribution < -0.4 is 4.90 Å². The van der Waals surface area contributed by atoms with Crippen LogP contribution in [0.15, 0.2) is 24.3 Å². The van der Waals surface area contributed by atoms with E-state index in [4.69, 9.17) is 0 Å². The predicted octanol–water partition coefficient (Wildman–Crippen LogP) is 1.94. The third-order valence-corrected chi connectivity index (χ3v) is 4.34. The molecule has 108 valence electrons. The highest BCUT2D eigenvalue weighted by molar-refractivity contribution is 5.82. The molecule has 0 bridgehead atoms. The smallest absolute Gasteiger partial charge is 0.242 e. The molecule has 1 N–H and O–H groups in total. The number of amides is 1. The first-order chi connectivity index (χ1) is 9.75. The van der Waals surface area contributed by atoms with Crippen LogP contribution in [0, 0.1) is 0 Å². The Morgan fingerprint density at radius 2 is 1.90 bits per heavy atom. The van der Waals surface area contributed by atoms with Crippen LogP contribution in [0.2, 0.25) is 0 Å². The van der Waals surface area contributed by atoms with Crippen molar-refractivity contribution in [1.82, 2.24) is 4.90 Å². The van der Waals surface area contributed by atoms with Crippen LogP contribution in [0.4, 0.5) is 5.69 Å². The van der Waals surface area contributed by atoms with Crippen molar-refractivity contribution in [2.24, 2.45) is 0 Å². The van der Waals surface area contributed by atoms with Crippen molar-refractivity contribution in [3.8, 4) is 0 Å². The normalized spacial score (nSPS) is 22.6. The first-order valence-electron chi connectivity index (χ1n) is 7.55. The van der Waals surface area contributed by atoms with Gasteiger partial charge in [-0.3, -0.25) is 4.79 Å².